The van der Waals surface area contributed by atoms with Crippen LogP contribution in [0.2, 0.25) is 0 Å². The van der Waals surface area contributed by atoms with Gasteiger partial charge < -0.3 is 11.1 Å². The van der Waals surface area contributed by atoms with Gasteiger partial charge in [0.2, 0.25) is 5.91 Å². The molecule has 0 aliphatic carbocycles. The third kappa shape index (κ3) is 6.45. The molecule has 0 bridgehead atoms. The highest BCUT2D eigenvalue weighted by atomic mass is 35.5. The first-order chi connectivity index (χ1) is 13.1. The predicted molar refractivity (Wildman–Crippen MR) is 125 cm³/mol. The molecule has 6 heteroatoms. The number of hydrogen-bond acceptors (Lipinski definition) is 3. The van der Waals surface area contributed by atoms with E-state index in [1.165, 1.54) is 11.1 Å². The fraction of sp³-hybridized carbons (Fsp3) is 0.435. The molecule has 0 spiro atoms. The van der Waals surface area contributed by atoms with Gasteiger partial charge in [-0.05, 0) is 29.5 Å². The van der Waals surface area contributed by atoms with Gasteiger partial charge in [-0.2, -0.15) is 0 Å². The lowest BCUT2D eigenvalue weighted by atomic mass is 9.94. The quantitative estimate of drug-likeness (QED) is 0.684. The van der Waals surface area contributed by atoms with E-state index in [4.69, 9.17) is 5.73 Å². The van der Waals surface area contributed by atoms with Gasteiger partial charge in [-0.1, -0.05) is 68.4 Å². The molecule has 3 N–H and O–H groups in total. The molecule has 1 heterocycles. The van der Waals surface area contributed by atoms with Crippen molar-refractivity contribution in [2.45, 2.75) is 45.3 Å². The van der Waals surface area contributed by atoms with Crippen molar-refractivity contribution in [2.75, 3.05) is 13.1 Å². The van der Waals surface area contributed by atoms with Crippen molar-refractivity contribution < 1.29 is 4.79 Å². The number of carbonyl (C=O) groups is 1. The molecule has 0 fully saturated rings. The Kier molecular flexibility index (Phi) is 10.7. The minimum atomic E-state index is -0.284. The highest BCUT2D eigenvalue weighted by Crippen LogP contribution is 2.22. The van der Waals surface area contributed by atoms with Gasteiger partial charge in [0.25, 0.3) is 0 Å². The molecule has 1 aliphatic rings. The van der Waals surface area contributed by atoms with Crippen LogP contribution in [0.3, 0.4) is 0 Å². The third-order valence-corrected chi connectivity index (χ3v) is 5.80. The van der Waals surface area contributed by atoms with Gasteiger partial charge in [-0.15, -0.1) is 24.8 Å². The van der Waals surface area contributed by atoms with Gasteiger partial charge in [0, 0.05) is 31.7 Å². The first-order valence-electron chi connectivity index (χ1n) is 9.99. The molecule has 4 nitrogen and oxygen atoms in total. The molecular formula is C23H33Cl2N3O. The highest BCUT2D eigenvalue weighted by Gasteiger charge is 2.25. The number of benzene rings is 2. The Morgan fingerprint density at radius 2 is 1.69 bits per heavy atom. The molecule has 0 saturated carbocycles. The Morgan fingerprint density at radius 1 is 1.07 bits per heavy atom. The number of nitrogens with zero attached hydrogens (tertiary/aromatic N) is 1. The minimum absolute atomic E-state index is 0. The predicted octanol–water partition coefficient (Wildman–Crippen LogP) is 4.12. The largest absolute Gasteiger partial charge is 0.354 e. The number of rotatable bonds is 7. The van der Waals surface area contributed by atoms with Crippen LogP contribution in [-0.2, 0) is 17.8 Å². The fourth-order valence-corrected chi connectivity index (χ4v) is 3.87. The number of carbonyl (C=O) groups excluding carboxylic acids is 1. The van der Waals surface area contributed by atoms with Crippen LogP contribution in [-0.4, -0.2) is 29.9 Å². The van der Waals surface area contributed by atoms with E-state index in [9.17, 15) is 4.79 Å². The smallest absolute Gasteiger partial charge is 0.224 e. The second-order valence-electron chi connectivity index (χ2n) is 7.52. The zero-order chi connectivity index (χ0) is 19.2. The van der Waals surface area contributed by atoms with Gasteiger partial charge >= 0.3 is 0 Å². The van der Waals surface area contributed by atoms with Gasteiger partial charge in [-0.25, -0.2) is 0 Å². The molecule has 1 amide bonds. The van der Waals surface area contributed by atoms with Crippen molar-refractivity contribution in [1.29, 1.82) is 0 Å². The van der Waals surface area contributed by atoms with Crippen LogP contribution in [0.25, 0.3) is 0 Å². The maximum absolute atomic E-state index is 12.6. The summed E-state index contributed by atoms with van der Waals surface area (Å²) >= 11 is 0. The molecule has 0 saturated heterocycles. The van der Waals surface area contributed by atoms with Crippen LogP contribution < -0.4 is 11.1 Å². The van der Waals surface area contributed by atoms with Crippen molar-refractivity contribution in [3.05, 3.63) is 71.3 Å². The van der Waals surface area contributed by atoms with Crippen LogP contribution in [0.5, 0.6) is 0 Å². The molecule has 1 aliphatic heterocycles. The summed E-state index contributed by atoms with van der Waals surface area (Å²) in [6, 6.07) is 18.6. The number of halogens is 2. The molecule has 3 unspecified atom stereocenters. The molecule has 160 valence electrons. The summed E-state index contributed by atoms with van der Waals surface area (Å²) in [4.78, 5) is 15.1. The second kappa shape index (κ2) is 12.2. The first kappa shape index (κ1) is 25.4. The lowest BCUT2D eigenvalue weighted by molar-refractivity contribution is -0.125. The zero-order valence-electron chi connectivity index (χ0n) is 17.2. The summed E-state index contributed by atoms with van der Waals surface area (Å²) < 4.78 is 0. The van der Waals surface area contributed by atoms with E-state index in [0.717, 1.165) is 31.5 Å². The first-order valence-corrected chi connectivity index (χ1v) is 9.99. The molecule has 3 atom stereocenters. The Bertz CT molecular complexity index is 757. The molecule has 2 aromatic carbocycles. The third-order valence-electron chi connectivity index (χ3n) is 5.80. The standard InChI is InChI=1S/C23H31N3O.2ClH/c1-3-21(26-14-13-18-9-7-8-12-20(18)16-26)15-25-23(27)17(2)22(24)19-10-5-4-6-11-19;;/h4-12,17,21-22H,3,13-16,24H2,1-2H3,(H,25,27);2*1H. The number of fused-ring (bicyclic) bond motifs is 1. The average Bonchev–Trinajstić information content (AvgIpc) is 2.73. The molecule has 29 heavy (non-hydrogen) atoms. The Labute approximate surface area is 187 Å². The average molecular weight is 438 g/mol. The summed E-state index contributed by atoms with van der Waals surface area (Å²) in [6.07, 6.45) is 2.09. The monoisotopic (exact) mass is 437 g/mol. The van der Waals surface area contributed by atoms with E-state index in [-0.39, 0.29) is 42.7 Å². The van der Waals surface area contributed by atoms with Crippen LogP contribution in [0.15, 0.2) is 54.6 Å². The van der Waals surface area contributed by atoms with Crippen LogP contribution >= 0.6 is 24.8 Å². The van der Waals surface area contributed by atoms with E-state index in [0.29, 0.717) is 12.6 Å². The minimum Gasteiger partial charge on any atom is -0.354 e. The van der Waals surface area contributed by atoms with E-state index < -0.39 is 0 Å². The lowest BCUT2D eigenvalue weighted by Crippen LogP contribution is -2.47. The summed E-state index contributed by atoms with van der Waals surface area (Å²) in [7, 11) is 0. The number of nitrogens with two attached hydrogens (primary N) is 1. The summed E-state index contributed by atoms with van der Waals surface area (Å²) in [5.74, 6) is -0.228. The molecule has 3 rings (SSSR count). The Morgan fingerprint density at radius 3 is 2.34 bits per heavy atom. The van der Waals surface area contributed by atoms with Gasteiger partial charge in [0.15, 0.2) is 0 Å². The van der Waals surface area contributed by atoms with Crippen molar-refractivity contribution in [1.82, 2.24) is 10.2 Å². The van der Waals surface area contributed by atoms with Crippen molar-refractivity contribution in [3.63, 3.8) is 0 Å². The van der Waals surface area contributed by atoms with Gasteiger partial charge in [-0.3, -0.25) is 9.69 Å². The van der Waals surface area contributed by atoms with E-state index >= 15 is 0 Å². The maximum Gasteiger partial charge on any atom is 0.224 e. The van der Waals surface area contributed by atoms with Crippen molar-refractivity contribution in [3.8, 4) is 0 Å². The SMILES string of the molecule is CCC(CNC(=O)C(C)C(N)c1ccccc1)N1CCc2ccccc2C1.Cl.Cl. The van der Waals surface area contributed by atoms with Crippen molar-refractivity contribution in [2.24, 2.45) is 11.7 Å². The Balaban J connectivity index is 0.00000210. The summed E-state index contributed by atoms with van der Waals surface area (Å²) in [5.41, 5.74) is 10.2. The lowest BCUT2D eigenvalue weighted by Gasteiger charge is -2.35. The zero-order valence-corrected chi connectivity index (χ0v) is 18.8. The van der Waals surface area contributed by atoms with E-state index in [2.05, 4.69) is 41.4 Å². The molecule has 0 aromatic heterocycles. The molecular weight excluding hydrogens is 405 g/mol. The van der Waals surface area contributed by atoms with Gasteiger partial charge in [0.1, 0.15) is 0 Å². The normalized spacial score (nSPS) is 16.4. The maximum atomic E-state index is 12.6. The van der Waals surface area contributed by atoms with Crippen LogP contribution in [0, 0.1) is 5.92 Å². The van der Waals surface area contributed by atoms with E-state index in [1.54, 1.807) is 0 Å². The van der Waals surface area contributed by atoms with Gasteiger partial charge in [0.05, 0.1) is 5.92 Å². The molecule has 0 radical (unpaired) electrons. The van der Waals surface area contributed by atoms with Crippen LogP contribution in [0.4, 0.5) is 0 Å². The van der Waals surface area contributed by atoms with Crippen LogP contribution in [0.1, 0.15) is 43.0 Å². The van der Waals surface area contributed by atoms with Crippen molar-refractivity contribution >= 4 is 30.7 Å². The number of amides is 1. The number of hydrogen-bond donors (Lipinski definition) is 2. The summed E-state index contributed by atoms with van der Waals surface area (Å²) in [6.45, 7) is 6.78. The highest BCUT2D eigenvalue weighted by molar-refractivity contribution is 5.85. The number of nitrogens with one attached hydrogen (secondary N) is 1. The molecule has 2 aromatic rings. The fourth-order valence-electron chi connectivity index (χ4n) is 3.87. The topological polar surface area (TPSA) is 58.4 Å². The Hall–Kier alpha value is -1.59. The second-order valence-corrected chi connectivity index (χ2v) is 7.52. The van der Waals surface area contributed by atoms with E-state index in [1.807, 2.05) is 37.3 Å². The summed E-state index contributed by atoms with van der Waals surface area (Å²) in [5, 5.41) is 3.14.